The van der Waals surface area contributed by atoms with Crippen molar-refractivity contribution in [3.63, 3.8) is 0 Å². The predicted molar refractivity (Wildman–Crippen MR) is 70.3 cm³/mol. The lowest BCUT2D eigenvalue weighted by Crippen LogP contribution is -2.24. The van der Waals surface area contributed by atoms with Gasteiger partial charge in [-0.05, 0) is 19.6 Å². The normalized spacial score (nSPS) is 10.8. The zero-order chi connectivity index (χ0) is 12.0. The Morgan fingerprint density at radius 2 is 2.31 bits per heavy atom. The van der Waals surface area contributed by atoms with Crippen molar-refractivity contribution in [1.82, 2.24) is 9.78 Å². The SMILES string of the molecule is CCSCCn1ncc(NC(C)C)cc1=O. The molecule has 0 radical (unpaired) electrons. The van der Waals surface area contributed by atoms with E-state index < -0.39 is 0 Å². The first-order valence-electron chi connectivity index (χ1n) is 5.55. The van der Waals surface area contributed by atoms with E-state index >= 15 is 0 Å². The number of anilines is 1. The Kier molecular flexibility index (Phi) is 5.38. The van der Waals surface area contributed by atoms with Crippen LogP contribution in [0.4, 0.5) is 5.69 Å². The van der Waals surface area contributed by atoms with Gasteiger partial charge in [-0.2, -0.15) is 16.9 Å². The molecule has 0 atom stereocenters. The molecule has 0 unspecified atom stereocenters. The van der Waals surface area contributed by atoms with Crippen molar-refractivity contribution in [2.45, 2.75) is 33.4 Å². The van der Waals surface area contributed by atoms with Gasteiger partial charge in [-0.3, -0.25) is 4.79 Å². The molecule has 1 N–H and O–H groups in total. The van der Waals surface area contributed by atoms with E-state index in [-0.39, 0.29) is 5.56 Å². The smallest absolute Gasteiger partial charge is 0.268 e. The third kappa shape index (κ3) is 4.26. The fourth-order valence-corrected chi connectivity index (χ4v) is 1.90. The number of thioether (sulfide) groups is 1. The molecule has 1 aromatic heterocycles. The number of nitrogens with zero attached hydrogens (tertiary/aromatic N) is 2. The largest absolute Gasteiger partial charge is 0.381 e. The summed E-state index contributed by atoms with van der Waals surface area (Å²) in [6.45, 7) is 6.85. The van der Waals surface area contributed by atoms with Crippen LogP contribution in [0.25, 0.3) is 0 Å². The highest BCUT2D eigenvalue weighted by molar-refractivity contribution is 7.99. The van der Waals surface area contributed by atoms with Gasteiger partial charge in [0.15, 0.2) is 0 Å². The third-order valence-electron chi connectivity index (χ3n) is 1.98. The summed E-state index contributed by atoms with van der Waals surface area (Å²) in [6.07, 6.45) is 1.71. The summed E-state index contributed by atoms with van der Waals surface area (Å²) >= 11 is 1.81. The van der Waals surface area contributed by atoms with E-state index in [2.05, 4.69) is 17.3 Å². The summed E-state index contributed by atoms with van der Waals surface area (Å²) in [5.41, 5.74) is 0.752. The van der Waals surface area contributed by atoms with E-state index in [4.69, 9.17) is 0 Å². The number of aryl methyl sites for hydroxylation is 1. The van der Waals surface area contributed by atoms with Crippen LogP contribution < -0.4 is 10.9 Å². The van der Waals surface area contributed by atoms with Gasteiger partial charge in [0, 0.05) is 17.9 Å². The monoisotopic (exact) mass is 241 g/mol. The highest BCUT2D eigenvalue weighted by Gasteiger charge is 2.00. The second kappa shape index (κ2) is 6.58. The van der Waals surface area contributed by atoms with Gasteiger partial charge in [-0.15, -0.1) is 0 Å². The van der Waals surface area contributed by atoms with E-state index in [1.165, 1.54) is 4.68 Å². The van der Waals surface area contributed by atoms with Gasteiger partial charge >= 0.3 is 0 Å². The van der Waals surface area contributed by atoms with Crippen LogP contribution in [0.2, 0.25) is 0 Å². The average molecular weight is 241 g/mol. The molecule has 0 spiro atoms. The molecule has 0 saturated carbocycles. The second-order valence-corrected chi connectivity index (χ2v) is 5.20. The zero-order valence-electron chi connectivity index (χ0n) is 10.1. The lowest BCUT2D eigenvalue weighted by molar-refractivity contribution is 0.621. The Labute approximate surface area is 100 Å². The van der Waals surface area contributed by atoms with Crippen LogP contribution in [0.15, 0.2) is 17.1 Å². The number of hydrogen-bond donors (Lipinski definition) is 1. The Balaban J connectivity index is 2.64. The highest BCUT2D eigenvalue weighted by atomic mass is 32.2. The number of rotatable bonds is 6. The molecule has 0 amide bonds. The molecule has 16 heavy (non-hydrogen) atoms. The molecule has 0 bridgehead atoms. The second-order valence-electron chi connectivity index (χ2n) is 3.80. The van der Waals surface area contributed by atoms with E-state index in [1.54, 1.807) is 12.3 Å². The van der Waals surface area contributed by atoms with Gasteiger partial charge in [0.1, 0.15) is 0 Å². The van der Waals surface area contributed by atoms with Crippen molar-refractivity contribution in [2.75, 3.05) is 16.8 Å². The van der Waals surface area contributed by atoms with E-state index in [0.717, 1.165) is 17.2 Å². The van der Waals surface area contributed by atoms with Crippen LogP contribution in [-0.2, 0) is 6.54 Å². The first kappa shape index (κ1) is 13.1. The minimum Gasteiger partial charge on any atom is -0.381 e. The molecule has 4 nitrogen and oxygen atoms in total. The number of aromatic nitrogens is 2. The minimum atomic E-state index is -0.0395. The van der Waals surface area contributed by atoms with Crippen LogP contribution in [0.1, 0.15) is 20.8 Å². The third-order valence-corrected chi connectivity index (χ3v) is 2.86. The van der Waals surface area contributed by atoms with Gasteiger partial charge < -0.3 is 5.32 Å². The van der Waals surface area contributed by atoms with Crippen molar-refractivity contribution in [3.8, 4) is 0 Å². The molecule has 0 aromatic carbocycles. The summed E-state index contributed by atoms with van der Waals surface area (Å²) < 4.78 is 1.51. The lowest BCUT2D eigenvalue weighted by Gasteiger charge is -2.10. The minimum absolute atomic E-state index is 0.0395. The summed E-state index contributed by atoms with van der Waals surface area (Å²) in [7, 11) is 0. The molecule has 1 heterocycles. The number of hydrogen-bond acceptors (Lipinski definition) is 4. The van der Waals surface area contributed by atoms with Gasteiger partial charge in [0.2, 0.25) is 0 Å². The van der Waals surface area contributed by atoms with Crippen molar-refractivity contribution in [1.29, 1.82) is 0 Å². The Bertz CT molecular complexity index is 376. The van der Waals surface area contributed by atoms with Crippen molar-refractivity contribution < 1.29 is 0 Å². The van der Waals surface area contributed by atoms with Crippen LogP contribution >= 0.6 is 11.8 Å². The summed E-state index contributed by atoms with van der Waals surface area (Å²) in [5, 5.41) is 7.29. The number of nitrogens with one attached hydrogen (secondary N) is 1. The standard InChI is InChI=1S/C11H19N3OS/c1-4-16-6-5-14-11(15)7-10(8-12-14)13-9(2)3/h7-9,13H,4-6H2,1-3H3. The maximum atomic E-state index is 11.7. The van der Waals surface area contributed by atoms with Crippen molar-refractivity contribution in [3.05, 3.63) is 22.6 Å². The fourth-order valence-electron chi connectivity index (χ4n) is 1.31. The predicted octanol–water partition coefficient (Wildman–Crippen LogP) is 1.82. The Hall–Kier alpha value is -0.970. The molecule has 90 valence electrons. The maximum absolute atomic E-state index is 11.7. The van der Waals surface area contributed by atoms with Gasteiger partial charge in [0.25, 0.3) is 5.56 Å². The molecule has 1 aromatic rings. The molecular formula is C11H19N3OS. The van der Waals surface area contributed by atoms with Crippen LogP contribution in [0.5, 0.6) is 0 Å². The molecule has 1 rings (SSSR count). The van der Waals surface area contributed by atoms with E-state index in [9.17, 15) is 4.79 Å². The molecule has 0 aliphatic heterocycles. The van der Waals surface area contributed by atoms with E-state index in [0.29, 0.717) is 12.6 Å². The van der Waals surface area contributed by atoms with Gasteiger partial charge in [-0.1, -0.05) is 6.92 Å². The van der Waals surface area contributed by atoms with Crippen LogP contribution in [0.3, 0.4) is 0 Å². The molecule has 0 fully saturated rings. The first-order chi connectivity index (χ1) is 7.63. The lowest BCUT2D eigenvalue weighted by atomic mass is 10.3. The summed E-state index contributed by atoms with van der Waals surface area (Å²) in [6, 6.07) is 1.91. The molecule has 0 aliphatic carbocycles. The van der Waals surface area contributed by atoms with Gasteiger partial charge in [0.05, 0.1) is 18.4 Å². The molecular weight excluding hydrogens is 222 g/mol. The molecule has 0 aliphatic rings. The Morgan fingerprint density at radius 3 is 2.88 bits per heavy atom. The van der Waals surface area contributed by atoms with Crippen molar-refractivity contribution >= 4 is 17.4 Å². The zero-order valence-corrected chi connectivity index (χ0v) is 10.9. The summed E-state index contributed by atoms with van der Waals surface area (Å²) in [4.78, 5) is 11.7. The van der Waals surface area contributed by atoms with E-state index in [1.807, 2.05) is 25.6 Å². The van der Waals surface area contributed by atoms with Crippen molar-refractivity contribution in [2.24, 2.45) is 0 Å². The quantitative estimate of drug-likeness (QED) is 0.772. The van der Waals surface area contributed by atoms with Gasteiger partial charge in [-0.25, -0.2) is 4.68 Å². The summed E-state index contributed by atoms with van der Waals surface area (Å²) in [5.74, 6) is 2.00. The Morgan fingerprint density at radius 1 is 1.56 bits per heavy atom. The first-order valence-corrected chi connectivity index (χ1v) is 6.70. The average Bonchev–Trinajstić information content (AvgIpc) is 2.20. The maximum Gasteiger partial charge on any atom is 0.268 e. The highest BCUT2D eigenvalue weighted by Crippen LogP contribution is 2.03. The molecule has 5 heteroatoms. The topological polar surface area (TPSA) is 46.9 Å². The van der Waals surface area contributed by atoms with Crippen LogP contribution in [-0.4, -0.2) is 27.3 Å². The fraction of sp³-hybridized carbons (Fsp3) is 0.636. The molecule has 0 saturated heterocycles. The van der Waals surface area contributed by atoms with Crippen LogP contribution in [0, 0.1) is 0 Å².